The molecule has 1 heterocycles. The molecule has 2 N–H and O–H groups in total. The molecule has 0 bridgehead atoms. The third kappa shape index (κ3) is 4.67. The van der Waals surface area contributed by atoms with Crippen LogP contribution in [0.15, 0.2) is 56.7 Å². The van der Waals surface area contributed by atoms with Gasteiger partial charge in [0.2, 0.25) is 10.0 Å². The van der Waals surface area contributed by atoms with Crippen molar-refractivity contribution >= 4 is 21.6 Å². The molecule has 0 saturated carbocycles. The van der Waals surface area contributed by atoms with Gasteiger partial charge in [-0.15, -0.1) is 0 Å². The second-order valence-corrected chi connectivity index (χ2v) is 8.37. The van der Waals surface area contributed by atoms with Crippen LogP contribution in [0.5, 0.6) is 5.75 Å². The quantitative estimate of drug-likeness (QED) is 0.542. The van der Waals surface area contributed by atoms with Crippen molar-refractivity contribution in [3.8, 4) is 17.1 Å². The Balaban J connectivity index is 1.94. The molecule has 31 heavy (non-hydrogen) atoms. The van der Waals surface area contributed by atoms with Crippen LogP contribution in [0.2, 0.25) is 0 Å². The number of sulfonamides is 1. The fourth-order valence-electron chi connectivity index (χ4n) is 3.03. The molecule has 0 aliphatic carbocycles. The van der Waals surface area contributed by atoms with Gasteiger partial charge in [0, 0.05) is 24.3 Å². The summed E-state index contributed by atoms with van der Waals surface area (Å²) in [6.07, 6.45) is 0. The summed E-state index contributed by atoms with van der Waals surface area (Å²) in [4.78, 5) is 26.5. The second kappa shape index (κ2) is 9.14. The number of hydrogen-bond donors (Lipinski definition) is 2. The third-order valence-corrected chi connectivity index (χ3v) is 6.64. The molecule has 0 saturated heterocycles. The highest BCUT2D eigenvalue weighted by Crippen LogP contribution is 2.26. The fraction of sp³-hybridized carbons (Fsp3) is 0.250. The molecule has 2 aromatic carbocycles. The zero-order chi connectivity index (χ0) is 22.6. The number of anilines is 1. The first-order valence-electron chi connectivity index (χ1n) is 9.46. The molecule has 11 heteroatoms. The van der Waals surface area contributed by atoms with Gasteiger partial charge in [-0.25, -0.2) is 13.2 Å². The zero-order valence-electron chi connectivity index (χ0n) is 17.2. The number of benzene rings is 2. The summed E-state index contributed by atoms with van der Waals surface area (Å²) in [5.74, 6) is -0.807. The normalized spacial score (nSPS) is 11.5. The summed E-state index contributed by atoms with van der Waals surface area (Å²) >= 11 is 0. The molecule has 0 unspecified atom stereocenters. The van der Waals surface area contributed by atoms with E-state index in [-0.39, 0.29) is 22.0 Å². The van der Waals surface area contributed by atoms with Gasteiger partial charge in [0.25, 0.3) is 5.91 Å². The maximum Gasteiger partial charge on any atom is 0.439 e. The minimum absolute atomic E-state index is 0.00364. The highest BCUT2D eigenvalue weighted by molar-refractivity contribution is 7.89. The molecule has 1 aromatic heterocycles. The van der Waals surface area contributed by atoms with Crippen LogP contribution in [0, 0.1) is 0 Å². The molecule has 10 nitrogen and oxygen atoms in total. The number of hydrogen-bond acceptors (Lipinski definition) is 7. The van der Waals surface area contributed by atoms with Crippen LogP contribution in [0.3, 0.4) is 0 Å². The largest absolute Gasteiger partial charge is 0.496 e. The van der Waals surface area contributed by atoms with Crippen LogP contribution >= 0.6 is 0 Å². The van der Waals surface area contributed by atoms with Crippen molar-refractivity contribution in [1.29, 1.82) is 0 Å². The zero-order valence-corrected chi connectivity index (χ0v) is 18.0. The van der Waals surface area contributed by atoms with Crippen molar-refractivity contribution < 1.29 is 22.5 Å². The van der Waals surface area contributed by atoms with Crippen molar-refractivity contribution in [1.82, 2.24) is 14.4 Å². The summed E-state index contributed by atoms with van der Waals surface area (Å²) < 4.78 is 36.7. The van der Waals surface area contributed by atoms with Crippen LogP contribution in [-0.2, 0) is 10.0 Å². The lowest BCUT2D eigenvalue weighted by Gasteiger charge is -2.19. The Labute approximate surface area is 178 Å². The van der Waals surface area contributed by atoms with E-state index in [0.29, 0.717) is 24.3 Å². The van der Waals surface area contributed by atoms with Crippen molar-refractivity contribution in [3.63, 3.8) is 0 Å². The van der Waals surface area contributed by atoms with E-state index in [1.165, 1.54) is 29.6 Å². The molecule has 0 aliphatic heterocycles. The number of carbonyl (C=O) groups is 1. The molecule has 0 aliphatic rings. The molecular formula is C20H22N4O6S. The Morgan fingerprint density at radius 1 is 1.19 bits per heavy atom. The molecule has 0 spiro atoms. The van der Waals surface area contributed by atoms with E-state index < -0.39 is 21.7 Å². The fourth-order valence-corrected chi connectivity index (χ4v) is 4.52. The lowest BCUT2D eigenvalue weighted by Crippen LogP contribution is -2.30. The van der Waals surface area contributed by atoms with Gasteiger partial charge in [0.1, 0.15) is 5.75 Å². The van der Waals surface area contributed by atoms with E-state index in [4.69, 9.17) is 4.74 Å². The van der Waals surface area contributed by atoms with E-state index in [2.05, 4.69) is 20.0 Å². The number of methoxy groups -OCH3 is 1. The Hall–Kier alpha value is -3.44. The summed E-state index contributed by atoms with van der Waals surface area (Å²) in [6.45, 7) is 4.10. The number of aromatic amines is 1. The number of carbonyl (C=O) groups excluding carboxylic acids is 1. The summed E-state index contributed by atoms with van der Waals surface area (Å²) in [7, 11) is -2.36. The summed E-state index contributed by atoms with van der Waals surface area (Å²) in [6, 6.07) is 10.7. The molecule has 3 rings (SSSR count). The highest BCUT2D eigenvalue weighted by atomic mass is 32.2. The van der Waals surface area contributed by atoms with Crippen LogP contribution < -0.4 is 15.8 Å². The van der Waals surface area contributed by atoms with E-state index in [0.717, 1.165) is 0 Å². The molecule has 164 valence electrons. The Bertz CT molecular complexity index is 1240. The monoisotopic (exact) mass is 446 g/mol. The van der Waals surface area contributed by atoms with Gasteiger partial charge in [-0.2, -0.15) is 4.31 Å². The number of rotatable bonds is 8. The smallest absolute Gasteiger partial charge is 0.439 e. The van der Waals surface area contributed by atoms with Crippen LogP contribution in [0.4, 0.5) is 5.69 Å². The van der Waals surface area contributed by atoms with Crippen LogP contribution in [0.25, 0.3) is 11.4 Å². The maximum atomic E-state index is 12.9. The number of aromatic nitrogens is 2. The van der Waals surface area contributed by atoms with Gasteiger partial charge >= 0.3 is 5.76 Å². The van der Waals surface area contributed by atoms with Crippen molar-refractivity contribution in [3.05, 3.63) is 58.6 Å². The van der Waals surface area contributed by atoms with Gasteiger partial charge in [0.05, 0.1) is 17.6 Å². The second-order valence-electron chi connectivity index (χ2n) is 6.43. The lowest BCUT2D eigenvalue weighted by molar-refractivity contribution is 0.102. The van der Waals surface area contributed by atoms with E-state index >= 15 is 0 Å². The lowest BCUT2D eigenvalue weighted by atomic mass is 10.1. The number of nitrogens with one attached hydrogen (secondary N) is 2. The predicted octanol–water partition coefficient (Wildman–Crippen LogP) is 2.32. The Kier molecular flexibility index (Phi) is 6.56. The molecular weight excluding hydrogens is 424 g/mol. The molecule has 0 radical (unpaired) electrons. The van der Waals surface area contributed by atoms with E-state index in [1.54, 1.807) is 38.1 Å². The number of H-pyrrole nitrogens is 1. The number of amides is 1. The van der Waals surface area contributed by atoms with Gasteiger partial charge in [-0.3, -0.25) is 14.3 Å². The topological polar surface area (TPSA) is 135 Å². The minimum atomic E-state index is -3.75. The number of nitrogens with zero attached hydrogens (tertiary/aromatic N) is 2. The van der Waals surface area contributed by atoms with Crippen molar-refractivity contribution in [2.75, 3.05) is 25.5 Å². The predicted molar refractivity (Wildman–Crippen MR) is 114 cm³/mol. The average molecular weight is 446 g/mol. The van der Waals surface area contributed by atoms with Crippen molar-refractivity contribution in [2.45, 2.75) is 18.7 Å². The first-order chi connectivity index (χ1) is 14.8. The van der Waals surface area contributed by atoms with E-state index in [1.807, 2.05) is 0 Å². The highest BCUT2D eigenvalue weighted by Gasteiger charge is 2.24. The van der Waals surface area contributed by atoms with Gasteiger partial charge in [0.15, 0.2) is 5.82 Å². The molecule has 0 atom stereocenters. The van der Waals surface area contributed by atoms with Crippen molar-refractivity contribution in [2.24, 2.45) is 0 Å². The average Bonchev–Trinajstić information content (AvgIpc) is 3.20. The molecule has 1 amide bonds. The summed E-state index contributed by atoms with van der Waals surface area (Å²) in [5, 5.41) is 6.32. The first kappa shape index (κ1) is 22.2. The Morgan fingerprint density at radius 3 is 2.55 bits per heavy atom. The number of ether oxygens (including phenoxy) is 1. The first-order valence-corrected chi connectivity index (χ1v) is 10.9. The summed E-state index contributed by atoms with van der Waals surface area (Å²) in [5.41, 5.74) is 0.995. The molecule has 3 aromatic rings. The molecule has 0 fully saturated rings. The third-order valence-electron chi connectivity index (χ3n) is 4.59. The SMILES string of the molecule is CCN(CC)S(=O)(=O)c1ccc(OC)c(C(=O)Nc2cccc(-c3noc(=O)[nH]3)c2)c1. The Morgan fingerprint density at radius 2 is 1.94 bits per heavy atom. The van der Waals surface area contributed by atoms with Gasteiger partial charge in [-0.05, 0) is 30.3 Å². The van der Waals surface area contributed by atoms with Crippen LogP contribution in [-0.4, -0.2) is 49.0 Å². The maximum absolute atomic E-state index is 12.9. The standard InChI is InChI=1S/C20H22N4O6S/c1-4-24(5-2)31(27,28)15-9-10-17(29-3)16(12-15)19(25)21-14-8-6-7-13(11-14)18-22-20(26)30-23-18/h6-12H,4-5H2,1-3H3,(H,21,25)(H,22,23,26). The van der Waals surface area contributed by atoms with E-state index in [9.17, 15) is 18.0 Å². The van der Waals surface area contributed by atoms with Gasteiger partial charge < -0.3 is 10.1 Å². The van der Waals surface area contributed by atoms with Gasteiger partial charge in [-0.1, -0.05) is 31.1 Å². The minimum Gasteiger partial charge on any atom is -0.496 e. The van der Waals surface area contributed by atoms with Crippen LogP contribution in [0.1, 0.15) is 24.2 Å².